The van der Waals surface area contributed by atoms with Crippen molar-refractivity contribution in [2.75, 3.05) is 34.2 Å². The van der Waals surface area contributed by atoms with Crippen LogP contribution < -0.4 is 10.6 Å². The van der Waals surface area contributed by atoms with E-state index in [2.05, 4.69) is 76.2 Å². The van der Waals surface area contributed by atoms with E-state index in [0.29, 0.717) is 0 Å². The van der Waals surface area contributed by atoms with E-state index in [0.717, 1.165) is 19.0 Å². The van der Waals surface area contributed by atoms with Gasteiger partial charge in [-0.2, -0.15) is 5.10 Å². The molecule has 1 heterocycles. The second-order valence-electron chi connectivity index (χ2n) is 7.38. The molecule has 3 rings (SSSR count). The summed E-state index contributed by atoms with van der Waals surface area (Å²) in [5.41, 5.74) is 2.89. The fraction of sp³-hybridized carbons (Fsp3) is 0.500. The van der Waals surface area contributed by atoms with Gasteiger partial charge in [-0.25, -0.2) is 0 Å². The van der Waals surface area contributed by atoms with Crippen molar-refractivity contribution in [3.05, 3.63) is 53.9 Å². The number of likely N-dealkylation sites (N-methyl/N-ethyl adjacent to an activating group) is 1. The summed E-state index contributed by atoms with van der Waals surface area (Å²) < 4.78 is 1.84. The van der Waals surface area contributed by atoms with Gasteiger partial charge in [-0.05, 0) is 32.5 Å². The molecule has 6 nitrogen and oxygen atoms in total. The van der Waals surface area contributed by atoms with Crippen LogP contribution in [0.1, 0.15) is 30.0 Å². The lowest BCUT2D eigenvalue weighted by Crippen LogP contribution is -2.44. The first-order chi connectivity index (χ1) is 12.5. The SMILES string of the molecule is CN=C(NCC(c1cnn(C)c1)N(C)C)NCC1(c2ccccc2)CC1.I. The Morgan fingerprint density at radius 3 is 2.48 bits per heavy atom. The predicted molar refractivity (Wildman–Crippen MR) is 122 cm³/mol. The molecule has 27 heavy (non-hydrogen) atoms. The minimum atomic E-state index is 0. The largest absolute Gasteiger partial charge is 0.356 e. The zero-order valence-electron chi connectivity index (χ0n) is 16.6. The summed E-state index contributed by atoms with van der Waals surface area (Å²) in [6.07, 6.45) is 6.46. The third kappa shape index (κ3) is 5.44. The molecule has 1 aliphatic rings. The Bertz CT molecular complexity index is 736. The molecule has 1 saturated carbocycles. The lowest BCUT2D eigenvalue weighted by Gasteiger charge is -2.25. The molecule has 1 atom stereocenters. The first kappa shape index (κ1) is 21.7. The number of benzene rings is 1. The topological polar surface area (TPSA) is 57.5 Å². The van der Waals surface area contributed by atoms with Gasteiger partial charge in [0, 0.05) is 44.4 Å². The van der Waals surface area contributed by atoms with Gasteiger partial charge in [-0.15, -0.1) is 24.0 Å². The van der Waals surface area contributed by atoms with Crippen LogP contribution in [0.25, 0.3) is 0 Å². The Balaban J connectivity index is 0.00000261. The number of rotatable bonds is 7. The van der Waals surface area contributed by atoms with Gasteiger partial charge in [0.25, 0.3) is 0 Å². The maximum Gasteiger partial charge on any atom is 0.191 e. The van der Waals surface area contributed by atoms with E-state index >= 15 is 0 Å². The van der Waals surface area contributed by atoms with Crippen LogP contribution in [-0.4, -0.2) is 54.9 Å². The Kier molecular flexibility index (Phi) is 7.67. The summed E-state index contributed by atoms with van der Waals surface area (Å²) in [6.45, 7) is 1.69. The number of hydrogen-bond acceptors (Lipinski definition) is 3. The highest BCUT2D eigenvalue weighted by atomic mass is 127. The molecule has 1 aliphatic carbocycles. The van der Waals surface area contributed by atoms with E-state index in [1.54, 1.807) is 0 Å². The van der Waals surface area contributed by atoms with Gasteiger partial charge in [-0.1, -0.05) is 30.3 Å². The molecule has 7 heteroatoms. The summed E-state index contributed by atoms with van der Waals surface area (Å²) in [7, 11) is 7.95. The molecule has 0 amide bonds. The van der Waals surface area contributed by atoms with Crippen LogP contribution in [-0.2, 0) is 12.5 Å². The number of halogens is 1. The van der Waals surface area contributed by atoms with Gasteiger partial charge in [0.15, 0.2) is 5.96 Å². The maximum atomic E-state index is 4.40. The monoisotopic (exact) mass is 482 g/mol. The molecule has 1 fully saturated rings. The number of nitrogens with zero attached hydrogens (tertiary/aromatic N) is 4. The van der Waals surface area contributed by atoms with Crippen LogP contribution in [0.15, 0.2) is 47.7 Å². The average molecular weight is 482 g/mol. The van der Waals surface area contributed by atoms with Crippen LogP contribution in [0.4, 0.5) is 0 Å². The number of hydrogen-bond donors (Lipinski definition) is 2. The van der Waals surface area contributed by atoms with Crippen LogP contribution in [0, 0.1) is 0 Å². The van der Waals surface area contributed by atoms with Gasteiger partial charge in [-0.3, -0.25) is 9.67 Å². The zero-order chi connectivity index (χ0) is 18.6. The fourth-order valence-electron chi connectivity index (χ4n) is 3.39. The number of aromatic nitrogens is 2. The Labute approximate surface area is 179 Å². The minimum Gasteiger partial charge on any atom is -0.356 e. The molecular formula is C20H31IN6. The van der Waals surface area contributed by atoms with E-state index in [1.165, 1.54) is 24.0 Å². The summed E-state index contributed by atoms with van der Waals surface area (Å²) in [5.74, 6) is 0.850. The molecule has 0 spiro atoms. The van der Waals surface area contributed by atoms with Crippen molar-refractivity contribution in [2.45, 2.75) is 24.3 Å². The van der Waals surface area contributed by atoms with E-state index in [9.17, 15) is 0 Å². The van der Waals surface area contributed by atoms with Crippen molar-refractivity contribution in [2.24, 2.45) is 12.0 Å². The predicted octanol–water partition coefficient (Wildman–Crippen LogP) is 2.54. The molecule has 1 aromatic heterocycles. The van der Waals surface area contributed by atoms with Crippen molar-refractivity contribution in [1.82, 2.24) is 25.3 Å². The minimum absolute atomic E-state index is 0. The smallest absolute Gasteiger partial charge is 0.191 e. The molecule has 0 saturated heterocycles. The van der Waals surface area contributed by atoms with Gasteiger partial charge in [0.2, 0.25) is 0 Å². The maximum absolute atomic E-state index is 4.40. The average Bonchev–Trinajstić information content (AvgIpc) is 3.32. The number of guanidine groups is 1. The molecule has 1 aromatic carbocycles. The van der Waals surface area contributed by atoms with Crippen LogP contribution in [0.2, 0.25) is 0 Å². The lowest BCUT2D eigenvalue weighted by atomic mass is 9.96. The quantitative estimate of drug-likeness (QED) is 0.362. The van der Waals surface area contributed by atoms with Crippen LogP contribution in [0.3, 0.4) is 0 Å². The molecule has 2 aromatic rings. The molecule has 0 radical (unpaired) electrons. The van der Waals surface area contributed by atoms with Gasteiger partial charge in [0.1, 0.15) is 0 Å². The molecule has 1 unspecified atom stereocenters. The summed E-state index contributed by atoms with van der Waals surface area (Å²) in [6, 6.07) is 11.0. The Morgan fingerprint density at radius 2 is 1.96 bits per heavy atom. The molecule has 148 valence electrons. The molecule has 2 N–H and O–H groups in total. The first-order valence-electron chi connectivity index (χ1n) is 9.19. The van der Waals surface area contributed by atoms with Crippen molar-refractivity contribution >= 4 is 29.9 Å². The normalized spacial score (nSPS) is 16.6. The summed E-state index contributed by atoms with van der Waals surface area (Å²) >= 11 is 0. The van der Waals surface area contributed by atoms with Gasteiger partial charge >= 0.3 is 0 Å². The van der Waals surface area contributed by atoms with E-state index in [4.69, 9.17) is 0 Å². The number of aliphatic imine (C=N–C) groups is 1. The lowest BCUT2D eigenvalue weighted by molar-refractivity contribution is 0.298. The van der Waals surface area contributed by atoms with Crippen molar-refractivity contribution < 1.29 is 0 Å². The zero-order valence-corrected chi connectivity index (χ0v) is 19.0. The number of aryl methyl sites for hydroxylation is 1. The van der Waals surface area contributed by atoms with Crippen LogP contribution >= 0.6 is 24.0 Å². The second-order valence-corrected chi connectivity index (χ2v) is 7.38. The number of nitrogens with one attached hydrogen (secondary N) is 2. The van der Waals surface area contributed by atoms with Gasteiger partial charge < -0.3 is 15.5 Å². The Morgan fingerprint density at radius 1 is 1.26 bits per heavy atom. The summed E-state index contributed by atoms with van der Waals surface area (Å²) in [4.78, 5) is 6.60. The highest BCUT2D eigenvalue weighted by molar-refractivity contribution is 14.0. The standard InChI is InChI=1S/C20H30N6.HI/c1-21-19(22-13-18(25(2)3)16-12-24-26(4)14-16)23-15-20(10-11-20)17-8-6-5-7-9-17;/h5-9,12,14,18H,10-11,13,15H2,1-4H3,(H2,21,22,23);1H. The first-order valence-corrected chi connectivity index (χ1v) is 9.19. The van der Waals surface area contributed by atoms with E-state index < -0.39 is 0 Å². The van der Waals surface area contributed by atoms with Crippen molar-refractivity contribution in [3.8, 4) is 0 Å². The third-order valence-corrected chi connectivity index (χ3v) is 5.25. The highest BCUT2D eigenvalue weighted by Gasteiger charge is 2.44. The van der Waals surface area contributed by atoms with Crippen molar-refractivity contribution in [3.63, 3.8) is 0 Å². The highest BCUT2D eigenvalue weighted by Crippen LogP contribution is 2.47. The van der Waals surface area contributed by atoms with Crippen molar-refractivity contribution in [1.29, 1.82) is 0 Å². The van der Waals surface area contributed by atoms with E-state index in [-0.39, 0.29) is 35.4 Å². The molecule has 0 bridgehead atoms. The second kappa shape index (κ2) is 9.54. The molecule has 0 aliphatic heterocycles. The molecular weight excluding hydrogens is 451 g/mol. The fourth-order valence-corrected chi connectivity index (χ4v) is 3.39. The Hall–Kier alpha value is -1.61. The van der Waals surface area contributed by atoms with Gasteiger partial charge in [0.05, 0.1) is 12.2 Å². The summed E-state index contributed by atoms with van der Waals surface area (Å²) in [5, 5.41) is 11.3. The van der Waals surface area contributed by atoms with E-state index in [1.807, 2.05) is 25.0 Å². The third-order valence-electron chi connectivity index (χ3n) is 5.25. The van der Waals surface area contributed by atoms with Crippen LogP contribution in [0.5, 0.6) is 0 Å².